The van der Waals surface area contributed by atoms with Crippen molar-refractivity contribution in [3.8, 4) is 0 Å². The molecular weight excluding hydrogens is 84.8 g/mol. The molecule has 0 atom stereocenters. The van der Waals surface area contributed by atoms with Gasteiger partial charge in [0.25, 0.3) is 0 Å². The summed E-state index contributed by atoms with van der Waals surface area (Å²) in [4.78, 5) is 16.6. The van der Waals surface area contributed by atoms with Gasteiger partial charge in [0, 0.05) is 0 Å². The Morgan fingerprint density at radius 1 is 1.67 bits per heavy atom. The van der Waals surface area contributed by atoms with E-state index in [9.17, 15) is 0 Å². The van der Waals surface area contributed by atoms with Crippen LogP contribution >= 0.6 is 0 Å². The molecule has 0 spiro atoms. The van der Waals surface area contributed by atoms with Gasteiger partial charge in [-0.15, -0.1) is 0 Å². The Hall–Kier alpha value is -0.865. The van der Waals surface area contributed by atoms with Crippen LogP contribution in [0.4, 0.5) is 0 Å². The number of rotatable bonds is 1. The molecule has 0 aromatic rings. The van der Waals surface area contributed by atoms with Crippen molar-refractivity contribution < 1.29 is 9.72 Å². The molecule has 34 valence electrons. The number of carbonyl (C=O) groups is 1. The first-order valence-electron chi connectivity index (χ1n) is 0.859. The average Bonchev–Trinajstić information content (AvgIpc) is 1.38. The molecule has 5 heteroatoms. The summed E-state index contributed by atoms with van der Waals surface area (Å²) in [6.45, 7) is 0. The van der Waals surface area contributed by atoms with Gasteiger partial charge in [0.15, 0.2) is 0 Å². The fraction of sp³-hybridized carbons (Fsp3) is 0. The van der Waals surface area contributed by atoms with Gasteiger partial charge < -0.3 is 0 Å². The Bertz CT molecular complexity index is 61.8. The molecule has 0 aliphatic carbocycles. The molecule has 0 unspecified atom stereocenters. The molecule has 0 aliphatic rings. The van der Waals surface area contributed by atoms with E-state index in [1.54, 1.807) is 0 Å². The highest BCUT2D eigenvalue weighted by atomic mass is 16.6. The molecule has 0 heterocycles. The van der Waals surface area contributed by atoms with E-state index in [0.29, 0.717) is 0 Å². The number of hydrogen-bond acceptors (Lipinski definition) is 3. The third-order valence-corrected chi connectivity index (χ3v) is 0.0861. The van der Waals surface area contributed by atoms with Crippen molar-refractivity contribution >= 4 is 14.8 Å². The molecule has 0 saturated heterocycles. The molecule has 4 nitrogen and oxygen atoms in total. The fourth-order valence-corrected chi connectivity index (χ4v) is 0. The van der Waals surface area contributed by atoms with E-state index >= 15 is 0 Å². The smallest absolute Gasteiger partial charge is 0.256 e. The van der Waals surface area contributed by atoms with Crippen LogP contribution < -0.4 is 0 Å². The highest BCUT2D eigenvalue weighted by Crippen LogP contribution is 1.44. The molecular formula is CH4BNO3. The van der Waals surface area contributed by atoms with Crippen LogP contribution in [-0.2, 0) is 4.79 Å². The number of amides is 1. The van der Waals surface area contributed by atoms with E-state index in [1.807, 2.05) is 0 Å². The van der Waals surface area contributed by atoms with Crippen molar-refractivity contribution in [1.82, 2.24) is 0 Å². The maximum absolute atomic E-state index is 8.81. The van der Waals surface area contributed by atoms with Crippen molar-refractivity contribution in [3.63, 3.8) is 0 Å². The minimum absolute atomic E-state index is 0. The molecule has 1 amide bonds. The summed E-state index contributed by atoms with van der Waals surface area (Å²) in [7, 11) is 0. The van der Waals surface area contributed by atoms with Gasteiger partial charge in [-0.2, -0.15) is 0 Å². The van der Waals surface area contributed by atoms with Gasteiger partial charge in [-0.25, -0.2) is 4.79 Å². The Balaban J connectivity index is 0. The normalized spacial score (nSPS) is 5.33. The maximum atomic E-state index is 8.81. The van der Waals surface area contributed by atoms with Gasteiger partial charge in [-0.3, -0.25) is 10.1 Å². The lowest BCUT2D eigenvalue weighted by atomic mass is 10.8. The van der Waals surface area contributed by atoms with Crippen LogP contribution in [0.2, 0.25) is 0 Å². The molecule has 0 aromatic carbocycles. The van der Waals surface area contributed by atoms with Crippen molar-refractivity contribution in [1.29, 1.82) is 0 Å². The predicted molar refractivity (Wildman–Crippen MR) is 23.0 cm³/mol. The predicted octanol–water partition coefficient (Wildman–Crippen LogP) is -1.76. The van der Waals surface area contributed by atoms with Crippen LogP contribution in [0.1, 0.15) is 0 Å². The molecule has 0 aliphatic heterocycles. The van der Waals surface area contributed by atoms with Gasteiger partial charge in [0.2, 0.25) is 0 Å². The fourth-order valence-electron chi connectivity index (χ4n) is 0. The van der Waals surface area contributed by atoms with Crippen LogP contribution in [-0.4, -0.2) is 19.7 Å². The van der Waals surface area contributed by atoms with Gasteiger partial charge in [0.1, 0.15) is 0 Å². The van der Waals surface area contributed by atoms with E-state index < -0.39 is 4.92 Å². The second kappa shape index (κ2) is 4.13. The van der Waals surface area contributed by atoms with Crippen molar-refractivity contribution in [2.45, 2.75) is 0 Å². The van der Waals surface area contributed by atoms with Crippen LogP contribution in [0, 0.1) is 10.1 Å². The summed E-state index contributed by atoms with van der Waals surface area (Å²) in [6.07, 6.45) is -0.361. The first-order chi connectivity index (χ1) is 2.27. The minimum Gasteiger partial charge on any atom is -0.256 e. The second-order valence-electron chi connectivity index (χ2n) is 0.391. The Labute approximate surface area is 35.9 Å². The average molecular weight is 88.9 g/mol. The van der Waals surface area contributed by atoms with Crippen molar-refractivity contribution in [3.05, 3.63) is 10.1 Å². The lowest BCUT2D eigenvalue weighted by Gasteiger charge is -1.61. The molecule has 6 heavy (non-hydrogen) atoms. The van der Waals surface area contributed by atoms with Gasteiger partial charge >= 0.3 is 6.41 Å². The van der Waals surface area contributed by atoms with E-state index in [2.05, 4.69) is 0 Å². The molecule has 0 saturated carbocycles. The third kappa shape index (κ3) is 11.1. The van der Waals surface area contributed by atoms with E-state index in [0.717, 1.165) is 0 Å². The monoisotopic (exact) mass is 89.0 g/mol. The SMILES string of the molecule is B.O=C[N+](=O)[O-]. The second-order valence-corrected chi connectivity index (χ2v) is 0.391. The van der Waals surface area contributed by atoms with E-state index in [-0.39, 0.29) is 14.8 Å². The number of nitrogens with zero attached hydrogens (tertiary/aromatic N) is 1. The quantitative estimate of drug-likeness (QED) is 0.165. The van der Waals surface area contributed by atoms with Crippen LogP contribution in [0.15, 0.2) is 0 Å². The largest absolute Gasteiger partial charge is 0.433 e. The summed E-state index contributed by atoms with van der Waals surface area (Å²) >= 11 is 0. The first kappa shape index (κ1) is 8.93. The molecule has 0 rings (SSSR count). The molecule has 0 N–H and O–H groups in total. The molecule has 0 aromatic heterocycles. The molecule has 0 fully saturated rings. The van der Waals surface area contributed by atoms with E-state index in [4.69, 9.17) is 14.9 Å². The summed E-state index contributed by atoms with van der Waals surface area (Å²) in [5, 5.41) is 8.81. The summed E-state index contributed by atoms with van der Waals surface area (Å²) in [5.74, 6) is 0. The lowest BCUT2D eigenvalue weighted by Crippen LogP contribution is -1.88. The highest BCUT2D eigenvalue weighted by Gasteiger charge is 1.77. The Morgan fingerprint density at radius 2 is 1.83 bits per heavy atom. The third-order valence-electron chi connectivity index (χ3n) is 0.0861. The topological polar surface area (TPSA) is 60.2 Å². The van der Waals surface area contributed by atoms with Gasteiger partial charge in [0.05, 0.1) is 13.3 Å². The van der Waals surface area contributed by atoms with Gasteiger partial charge in [-0.1, -0.05) is 0 Å². The molecule has 0 bridgehead atoms. The number of carbonyl (C=O) groups excluding carboxylic acids is 1. The van der Waals surface area contributed by atoms with E-state index in [1.165, 1.54) is 0 Å². The maximum Gasteiger partial charge on any atom is 0.433 e. The number of hydrogen-bond donors (Lipinski definition) is 0. The Morgan fingerprint density at radius 3 is 1.83 bits per heavy atom. The molecule has 0 radical (unpaired) electrons. The summed E-state index contributed by atoms with van der Waals surface area (Å²) in [5.41, 5.74) is 0. The zero-order chi connectivity index (χ0) is 4.28. The lowest BCUT2D eigenvalue weighted by molar-refractivity contribution is -0.383. The van der Waals surface area contributed by atoms with Crippen LogP contribution in [0.25, 0.3) is 0 Å². The summed E-state index contributed by atoms with van der Waals surface area (Å²) in [6, 6.07) is 0. The van der Waals surface area contributed by atoms with Gasteiger partial charge in [-0.05, 0) is 0 Å². The van der Waals surface area contributed by atoms with Crippen molar-refractivity contribution in [2.24, 2.45) is 0 Å². The van der Waals surface area contributed by atoms with Crippen LogP contribution in [0.3, 0.4) is 0 Å². The summed E-state index contributed by atoms with van der Waals surface area (Å²) < 4.78 is 0. The minimum atomic E-state index is -1.06. The van der Waals surface area contributed by atoms with Crippen molar-refractivity contribution in [2.75, 3.05) is 0 Å². The first-order valence-corrected chi connectivity index (χ1v) is 0.859. The number of nitro groups is 1. The zero-order valence-electron chi connectivity index (χ0n) is 2.25. The highest BCUT2D eigenvalue weighted by molar-refractivity contribution is 5.75. The zero-order valence-corrected chi connectivity index (χ0v) is 2.25. The van der Waals surface area contributed by atoms with Crippen LogP contribution in [0.5, 0.6) is 0 Å². The Kier molecular flexibility index (Phi) is 6.16. The standard InChI is InChI=1S/CHNO3.BH3/c3-1-2(4)5;/h1H;1H3.